The molecule has 1 aliphatic rings. The molecule has 1 aromatic heterocycles. The number of aromatic nitrogens is 1. The minimum absolute atomic E-state index is 0.111. The van der Waals surface area contributed by atoms with Gasteiger partial charge in [0.1, 0.15) is 10.6 Å². The van der Waals surface area contributed by atoms with Gasteiger partial charge in [0.05, 0.1) is 15.9 Å². The van der Waals surface area contributed by atoms with E-state index in [-0.39, 0.29) is 17.8 Å². The molecule has 2 unspecified atom stereocenters. The lowest BCUT2D eigenvalue weighted by atomic mass is 9.66. The number of aliphatic hydroxyl groups is 1. The van der Waals surface area contributed by atoms with Gasteiger partial charge in [-0.15, -0.1) is 11.3 Å². The summed E-state index contributed by atoms with van der Waals surface area (Å²) in [7, 11) is 0. The van der Waals surface area contributed by atoms with E-state index in [1.807, 2.05) is 13.8 Å². The summed E-state index contributed by atoms with van der Waals surface area (Å²) in [4.78, 5) is 15.4. The second kappa shape index (κ2) is 4.90. The van der Waals surface area contributed by atoms with Crippen LogP contribution in [0.25, 0.3) is 0 Å². The van der Waals surface area contributed by atoms with Crippen molar-refractivity contribution in [2.24, 2.45) is 17.8 Å². The molecule has 0 bridgehead atoms. The fourth-order valence-corrected chi connectivity index (χ4v) is 4.38. The van der Waals surface area contributed by atoms with E-state index >= 15 is 0 Å². The van der Waals surface area contributed by atoms with E-state index in [1.165, 1.54) is 11.3 Å². The van der Waals surface area contributed by atoms with Crippen molar-refractivity contribution in [3.05, 3.63) is 15.0 Å². The Bertz CT molecular complexity index is 450. The molecule has 2 rings (SSSR count). The van der Waals surface area contributed by atoms with E-state index in [9.17, 15) is 9.90 Å². The molecule has 0 saturated heterocycles. The highest BCUT2D eigenvalue weighted by atomic mass is 79.9. The molecule has 4 nitrogen and oxygen atoms in total. The number of carbonyl (C=O) groups is 1. The molecule has 6 heteroatoms. The first kappa shape index (κ1) is 14.0. The van der Waals surface area contributed by atoms with Crippen LogP contribution in [0.4, 0.5) is 0 Å². The fraction of sp³-hybridized carbons (Fsp3) is 0.667. The quantitative estimate of drug-likeness (QED) is 0.872. The van der Waals surface area contributed by atoms with Crippen LogP contribution in [0.5, 0.6) is 0 Å². The summed E-state index contributed by atoms with van der Waals surface area (Å²) in [6.45, 7) is 3.81. The molecule has 0 aromatic carbocycles. The highest BCUT2D eigenvalue weighted by molar-refractivity contribution is 9.11. The van der Waals surface area contributed by atoms with Crippen molar-refractivity contribution in [2.75, 3.05) is 0 Å². The van der Waals surface area contributed by atoms with Crippen LogP contribution in [0.3, 0.4) is 0 Å². The number of halogens is 1. The highest BCUT2D eigenvalue weighted by Gasteiger charge is 2.49. The number of carboxylic acid groups (broad SMARTS) is 1. The van der Waals surface area contributed by atoms with Gasteiger partial charge in [0.2, 0.25) is 0 Å². The van der Waals surface area contributed by atoms with Crippen molar-refractivity contribution in [3.63, 3.8) is 0 Å². The van der Waals surface area contributed by atoms with Crippen LogP contribution in [0.15, 0.2) is 9.98 Å². The van der Waals surface area contributed by atoms with Crippen LogP contribution in [-0.4, -0.2) is 21.2 Å². The second-order valence-electron chi connectivity index (χ2n) is 5.10. The summed E-state index contributed by atoms with van der Waals surface area (Å²) in [5.41, 5.74) is -1.01. The van der Waals surface area contributed by atoms with Gasteiger partial charge in [-0.25, -0.2) is 4.98 Å². The van der Waals surface area contributed by atoms with E-state index < -0.39 is 11.6 Å². The number of carboxylic acids is 1. The van der Waals surface area contributed by atoms with Gasteiger partial charge in [-0.3, -0.25) is 4.79 Å². The average Bonchev–Trinajstić information content (AvgIpc) is 2.72. The molecular formula is C12H16BrNO3S. The number of hydrogen-bond donors (Lipinski definition) is 2. The van der Waals surface area contributed by atoms with E-state index in [0.717, 1.165) is 3.79 Å². The normalized spacial score (nSPS) is 36.6. The molecule has 0 aliphatic heterocycles. The predicted octanol–water partition coefficient (Wildman–Crippen LogP) is 2.86. The Kier molecular flexibility index (Phi) is 3.80. The summed E-state index contributed by atoms with van der Waals surface area (Å²) in [6, 6.07) is 0. The molecule has 0 spiro atoms. The SMILES string of the molecule is CC1CC(C(=O)O)CC(C)C1(O)c1ncc(Br)s1. The predicted molar refractivity (Wildman–Crippen MR) is 72.4 cm³/mol. The standard InChI is InChI=1S/C12H16BrNO3S/c1-6-3-8(10(15)16)4-7(2)12(6,17)11-14-5-9(13)18-11/h5-8,17H,3-4H2,1-2H3,(H,15,16). The molecule has 2 atom stereocenters. The lowest BCUT2D eigenvalue weighted by Crippen LogP contribution is -2.46. The summed E-state index contributed by atoms with van der Waals surface area (Å²) >= 11 is 4.77. The first-order valence-corrected chi connectivity index (χ1v) is 7.53. The Balaban J connectivity index is 2.31. The first-order chi connectivity index (χ1) is 8.35. The van der Waals surface area contributed by atoms with Crippen molar-refractivity contribution in [3.8, 4) is 0 Å². The smallest absolute Gasteiger partial charge is 0.306 e. The molecule has 1 heterocycles. The molecule has 0 amide bonds. The van der Waals surface area contributed by atoms with Gasteiger partial charge >= 0.3 is 5.97 Å². The van der Waals surface area contributed by atoms with Crippen molar-refractivity contribution >= 4 is 33.2 Å². The summed E-state index contributed by atoms with van der Waals surface area (Å²) in [6.07, 6.45) is 2.67. The number of rotatable bonds is 2. The van der Waals surface area contributed by atoms with Gasteiger partial charge in [0.25, 0.3) is 0 Å². The average molecular weight is 334 g/mol. The van der Waals surface area contributed by atoms with Gasteiger partial charge in [-0.1, -0.05) is 13.8 Å². The van der Waals surface area contributed by atoms with Crippen molar-refractivity contribution in [1.82, 2.24) is 4.98 Å². The zero-order valence-electron chi connectivity index (χ0n) is 10.3. The minimum atomic E-state index is -1.01. The molecule has 1 aliphatic carbocycles. The Morgan fingerprint density at radius 3 is 2.44 bits per heavy atom. The third-order valence-electron chi connectivity index (χ3n) is 3.95. The Morgan fingerprint density at radius 1 is 1.50 bits per heavy atom. The maximum atomic E-state index is 11.1. The van der Waals surface area contributed by atoms with Gasteiger partial charge in [0.15, 0.2) is 0 Å². The maximum Gasteiger partial charge on any atom is 0.306 e. The molecule has 1 aromatic rings. The van der Waals surface area contributed by atoms with Crippen molar-refractivity contribution in [1.29, 1.82) is 0 Å². The Labute approximate surface area is 118 Å². The molecule has 1 saturated carbocycles. The molecule has 100 valence electrons. The van der Waals surface area contributed by atoms with E-state index in [4.69, 9.17) is 5.11 Å². The number of thiazole rings is 1. The van der Waals surface area contributed by atoms with Gasteiger partial charge in [-0.05, 0) is 40.6 Å². The van der Waals surface area contributed by atoms with Crippen molar-refractivity contribution < 1.29 is 15.0 Å². The van der Waals surface area contributed by atoms with Crippen molar-refractivity contribution in [2.45, 2.75) is 32.3 Å². The third-order valence-corrected chi connectivity index (χ3v) is 5.56. The molecular weight excluding hydrogens is 318 g/mol. The molecule has 2 N–H and O–H groups in total. The minimum Gasteiger partial charge on any atom is -0.481 e. The number of nitrogens with zero attached hydrogens (tertiary/aromatic N) is 1. The first-order valence-electron chi connectivity index (χ1n) is 5.92. The topological polar surface area (TPSA) is 70.4 Å². The zero-order chi connectivity index (χ0) is 13.5. The van der Waals surface area contributed by atoms with Gasteiger partial charge < -0.3 is 10.2 Å². The Morgan fingerprint density at radius 2 is 2.06 bits per heavy atom. The van der Waals surface area contributed by atoms with Crippen LogP contribution in [0.2, 0.25) is 0 Å². The molecule has 0 radical (unpaired) electrons. The van der Waals surface area contributed by atoms with Gasteiger partial charge in [-0.2, -0.15) is 0 Å². The van der Waals surface area contributed by atoms with Crippen LogP contribution in [0.1, 0.15) is 31.7 Å². The number of hydrogen-bond acceptors (Lipinski definition) is 4. The number of aliphatic carboxylic acids is 1. The van der Waals surface area contributed by atoms with Crippen LogP contribution in [0, 0.1) is 17.8 Å². The second-order valence-corrected chi connectivity index (χ2v) is 7.51. The molecule has 1 fully saturated rings. The van der Waals surface area contributed by atoms with Crippen LogP contribution < -0.4 is 0 Å². The largest absolute Gasteiger partial charge is 0.481 e. The summed E-state index contributed by atoms with van der Waals surface area (Å²) in [5.74, 6) is -1.35. The van der Waals surface area contributed by atoms with Crippen LogP contribution in [-0.2, 0) is 10.4 Å². The fourth-order valence-electron chi connectivity index (χ4n) is 2.86. The lowest BCUT2D eigenvalue weighted by molar-refractivity contribution is -0.153. The zero-order valence-corrected chi connectivity index (χ0v) is 12.7. The lowest BCUT2D eigenvalue weighted by Gasteiger charge is -2.43. The Hall–Kier alpha value is -0.460. The summed E-state index contributed by atoms with van der Waals surface area (Å²) in [5, 5.41) is 20.7. The van der Waals surface area contributed by atoms with E-state index in [2.05, 4.69) is 20.9 Å². The van der Waals surface area contributed by atoms with E-state index in [0.29, 0.717) is 17.8 Å². The highest BCUT2D eigenvalue weighted by Crippen LogP contribution is 2.48. The molecule has 18 heavy (non-hydrogen) atoms. The van der Waals surface area contributed by atoms with Gasteiger partial charge in [0, 0.05) is 0 Å². The van der Waals surface area contributed by atoms with Crippen LogP contribution >= 0.6 is 27.3 Å². The third kappa shape index (κ3) is 2.21. The summed E-state index contributed by atoms with van der Waals surface area (Å²) < 4.78 is 0.880. The monoisotopic (exact) mass is 333 g/mol. The van der Waals surface area contributed by atoms with E-state index in [1.54, 1.807) is 6.20 Å². The maximum absolute atomic E-state index is 11.1.